The Morgan fingerprint density at radius 1 is 1.16 bits per heavy atom. The zero-order valence-electron chi connectivity index (χ0n) is 18.7. The standard InChI is InChI=1S/C23H29N5O4/c1-15(2)13-26-11-12-27-18(23(26)31)14-28(16(3)22(27)30)20(29)10-9-19-24-21(25-32-19)17-7-5-4-6-8-17/h4-8,15-16,18H,9-14H2,1-3H3. The van der Waals surface area contributed by atoms with Gasteiger partial charge in [-0.05, 0) is 12.8 Å². The lowest BCUT2D eigenvalue weighted by atomic mass is 10.0. The lowest BCUT2D eigenvalue weighted by molar-refractivity contribution is -0.165. The molecule has 0 spiro atoms. The molecule has 2 aliphatic heterocycles. The molecule has 3 amide bonds. The normalized spacial score (nSPS) is 21.3. The number of aryl methyl sites for hydroxylation is 1. The third kappa shape index (κ3) is 4.37. The van der Waals surface area contributed by atoms with Crippen molar-refractivity contribution in [3.63, 3.8) is 0 Å². The maximum Gasteiger partial charge on any atom is 0.247 e. The van der Waals surface area contributed by atoms with Crippen LogP contribution in [0.2, 0.25) is 0 Å². The fourth-order valence-corrected chi connectivity index (χ4v) is 4.35. The molecule has 2 fully saturated rings. The van der Waals surface area contributed by atoms with Gasteiger partial charge in [0.15, 0.2) is 0 Å². The molecule has 0 N–H and O–H groups in total. The van der Waals surface area contributed by atoms with E-state index in [0.717, 1.165) is 5.56 Å². The fourth-order valence-electron chi connectivity index (χ4n) is 4.35. The third-order valence-corrected chi connectivity index (χ3v) is 6.02. The molecule has 2 atom stereocenters. The molecule has 1 aromatic carbocycles. The summed E-state index contributed by atoms with van der Waals surface area (Å²) < 4.78 is 5.29. The molecule has 2 aromatic rings. The molecule has 2 aliphatic rings. The van der Waals surface area contributed by atoms with Crippen molar-refractivity contribution >= 4 is 17.7 Å². The van der Waals surface area contributed by atoms with Crippen LogP contribution < -0.4 is 0 Å². The Hall–Kier alpha value is -3.23. The van der Waals surface area contributed by atoms with Gasteiger partial charge in [0, 0.05) is 38.0 Å². The van der Waals surface area contributed by atoms with Crippen LogP contribution >= 0.6 is 0 Å². The molecule has 9 nitrogen and oxygen atoms in total. The fraction of sp³-hybridized carbons (Fsp3) is 0.522. The van der Waals surface area contributed by atoms with Crippen LogP contribution in [0.3, 0.4) is 0 Å². The Balaban J connectivity index is 1.40. The second-order valence-corrected chi connectivity index (χ2v) is 8.83. The number of fused-ring (bicyclic) bond motifs is 1. The monoisotopic (exact) mass is 439 g/mol. The summed E-state index contributed by atoms with van der Waals surface area (Å²) in [5.74, 6) is 0.744. The van der Waals surface area contributed by atoms with Crippen molar-refractivity contribution in [3.05, 3.63) is 36.2 Å². The third-order valence-electron chi connectivity index (χ3n) is 6.02. The molecule has 9 heteroatoms. The highest BCUT2D eigenvalue weighted by atomic mass is 16.5. The molecule has 3 heterocycles. The van der Waals surface area contributed by atoms with Crippen LogP contribution in [0.25, 0.3) is 11.4 Å². The van der Waals surface area contributed by atoms with E-state index in [0.29, 0.717) is 37.3 Å². The number of aromatic nitrogens is 2. The Morgan fingerprint density at radius 2 is 1.91 bits per heavy atom. The van der Waals surface area contributed by atoms with Crippen LogP contribution in [0.1, 0.15) is 33.1 Å². The van der Waals surface area contributed by atoms with E-state index in [1.807, 2.05) is 30.3 Å². The van der Waals surface area contributed by atoms with Crippen molar-refractivity contribution in [3.8, 4) is 11.4 Å². The predicted octanol–water partition coefficient (Wildman–Crippen LogP) is 1.60. The second kappa shape index (κ2) is 9.10. The summed E-state index contributed by atoms with van der Waals surface area (Å²) in [5, 5.41) is 3.98. The van der Waals surface area contributed by atoms with E-state index < -0.39 is 12.1 Å². The van der Waals surface area contributed by atoms with Gasteiger partial charge in [-0.1, -0.05) is 49.3 Å². The first-order valence-corrected chi connectivity index (χ1v) is 11.1. The van der Waals surface area contributed by atoms with Crippen molar-refractivity contribution in [1.29, 1.82) is 0 Å². The van der Waals surface area contributed by atoms with Crippen LogP contribution in [0.15, 0.2) is 34.9 Å². The van der Waals surface area contributed by atoms with Gasteiger partial charge in [0.05, 0.1) is 6.54 Å². The van der Waals surface area contributed by atoms with Crippen molar-refractivity contribution in [2.24, 2.45) is 5.92 Å². The summed E-state index contributed by atoms with van der Waals surface area (Å²) in [6.07, 6.45) is 0.405. The van der Waals surface area contributed by atoms with Crippen LogP contribution in [-0.2, 0) is 20.8 Å². The second-order valence-electron chi connectivity index (χ2n) is 8.83. The molecule has 1 aromatic heterocycles. The highest BCUT2D eigenvalue weighted by molar-refractivity contribution is 5.95. The minimum Gasteiger partial charge on any atom is -0.339 e. The van der Waals surface area contributed by atoms with E-state index in [1.54, 1.807) is 16.7 Å². The summed E-state index contributed by atoms with van der Waals surface area (Å²) in [4.78, 5) is 48.2. The van der Waals surface area contributed by atoms with Crippen molar-refractivity contribution in [2.75, 3.05) is 26.2 Å². The minimum absolute atomic E-state index is 0.0765. The number of amides is 3. The number of rotatable bonds is 6. The van der Waals surface area contributed by atoms with E-state index >= 15 is 0 Å². The van der Waals surface area contributed by atoms with E-state index in [2.05, 4.69) is 24.0 Å². The molecule has 0 aliphatic carbocycles. The van der Waals surface area contributed by atoms with Crippen molar-refractivity contribution < 1.29 is 18.9 Å². The van der Waals surface area contributed by atoms with Gasteiger partial charge in [-0.3, -0.25) is 14.4 Å². The Labute approximate surface area is 187 Å². The van der Waals surface area contributed by atoms with Gasteiger partial charge in [-0.2, -0.15) is 4.98 Å². The number of piperazine rings is 2. The molecule has 32 heavy (non-hydrogen) atoms. The van der Waals surface area contributed by atoms with E-state index in [4.69, 9.17) is 4.52 Å². The molecule has 2 unspecified atom stereocenters. The van der Waals surface area contributed by atoms with E-state index in [1.165, 1.54) is 4.90 Å². The van der Waals surface area contributed by atoms with Gasteiger partial charge in [0.25, 0.3) is 0 Å². The summed E-state index contributed by atoms with van der Waals surface area (Å²) in [7, 11) is 0. The number of carbonyl (C=O) groups excluding carboxylic acids is 3. The largest absolute Gasteiger partial charge is 0.339 e. The SMILES string of the molecule is CC(C)CN1CCN2C(=O)C(C)N(C(=O)CCc3nc(-c4ccccc4)no3)CC2C1=O. The zero-order chi connectivity index (χ0) is 22.8. The molecular formula is C23H29N5O4. The molecule has 4 rings (SSSR count). The van der Waals surface area contributed by atoms with Gasteiger partial charge in [-0.25, -0.2) is 0 Å². The highest BCUT2D eigenvalue weighted by Gasteiger charge is 2.46. The zero-order valence-corrected chi connectivity index (χ0v) is 18.7. The quantitative estimate of drug-likeness (QED) is 0.678. The summed E-state index contributed by atoms with van der Waals surface area (Å²) in [6.45, 7) is 7.77. The predicted molar refractivity (Wildman–Crippen MR) is 116 cm³/mol. The summed E-state index contributed by atoms with van der Waals surface area (Å²) in [5.41, 5.74) is 0.839. The summed E-state index contributed by atoms with van der Waals surface area (Å²) >= 11 is 0. The van der Waals surface area contributed by atoms with E-state index in [9.17, 15) is 14.4 Å². The van der Waals surface area contributed by atoms with Crippen molar-refractivity contribution in [1.82, 2.24) is 24.8 Å². The topological polar surface area (TPSA) is 99.8 Å². The Bertz CT molecular complexity index is 989. The van der Waals surface area contributed by atoms with Gasteiger partial charge >= 0.3 is 0 Å². The number of benzene rings is 1. The maximum absolute atomic E-state index is 13.0. The number of hydrogen-bond acceptors (Lipinski definition) is 6. The van der Waals surface area contributed by atoms with Crippen LogP contribution in [0.5, 0.6) is 0 Å². The van der Waals surface area contributed by atoms with Gasteiger partial charge in [0.1, 0.15) is 12.1 Å². The van der Waals surface area contributed by atoms with Crippen LogP contribution in [0, 0.1) is 5.92 Å². The maximum atomic E-state index is 13.0. The molecular weight excluding hydrogens is 410 g/mol. The minimum atomic E-state index is -0.608. The smallest absolute Gasteiger partial charge is 0.247 e. The molecule has 2 saturated heterocycles. The first kappa shape index (κ1) is 22.0. The molecule has 0 radical (unpaired) electrons. The number of carbonyl (C=O) groups is 3. The summed E-state index contributed by atoms with van der Waals surface area (Å²) in [6, 6.07) is 8.26. The van der Waals surface area contributed by atoms with E-state index in [-0.39, 0.29) is 37.1 Å². The average Bonchev–Trinajstić information content (AvgIpc) is 3.26. The van der Waals surface area contributed by atoms with Gasteiger partial charge in [-0.15, -0.1) is 0 Å². The first-order valence-electron chi connectivity index (χ1n) is 11.1. The molecule has 0 bridgehead atoms. The van der Waals surface area contributed by atoms with Gasteiger partial charge in [0.2, 0.25) is 29.4 Å². The Morgan fingerprint density at radius 3 is 2.62 bits per heavy atom. The Kier molecular flexibility index (Phi) is 6.25. The highest BCUT2D eigenvalue weighted by Crippen LogP contribution is 2.23. The lowest BCUT2D eigenvalue weighted by Crippen LogP contribution is -2.70. The first-order chi connectivity index (χ1) is 15.3. The molecule has 0 saturated carbocycles. The van der Waals surface area contributed by atoms with Crippen LogP contribution in [-0.4, -0.2) is 80.8 Å². The van der Waals surface area contributed by atoms with Crippen LogP contribution in [0.4, 0.5) is 0 Å². The lowest BCUT2D eigenvalue weighted by Gasteiger charge is -2.48. The average molecular weight is 440 g/mol. The van der Waals surface area contributed by atoms with Gasteiger partial charge < -0.3 is 19.2 Å². The van der Waals surface area contributed by atoms with Crippen molar-refractivity contribution in [2.45, 2.75) is 45.7 Å². The number of nitrogens with zero attached hydrogens (tertiary/aromatic N) is 5. The number of hydrogen-bond donors (Lipinski definition) is 0. The molecule has 170 valence electrons.